The Labute approximate surface area is 89.0 Å². The van der Waals surface area contributed by atoms with Gasteiger partial charge in [0.25, 0.3) is 0 Å². The molecule has 0 bridgehead atoms. The number of carboxylic acid groups (broad SMARTS) is 1. The van der Waals surface area contributed by atoms with E-state index in [1.54, 1.807) is 18.7 Å². The van der Waals surface area contributed by atoms with E-state index < -0.39 is 18.1 Å². The predicted octanol–water partition coefficient (Wildman–Crippen LogP) is 0.487. The molecule has 1 aliphatic heterocycles. The molecule has 2 unspecified atom stereocenters. The first-order valence-electron chi connectivity index (χ1n) is 5.23. The third-order valence-electron chi connectivity index (χ3n) is 2.70. The summed E-state index contributed by atoms with van der Waals surface area (Å²) in [6.07, 6.45) is 1.43. The minimum Gasteiger partial charge on any atom is -0.480 e. The van der Waals surface area contributed by atoms with Crippen molar-refractivity contribution >= 4 is 11.9 Å². The maximum Gasteiger partial charge on any atom is 0.323 e. The van der Waals surface area contributed by atoms with Gasteiger partial charge in [-0.3, -0.25) is 14.5 Å². The van der Waals surface area contributed by atoms with Gasteiger partial charge in [0.1, 0.15) is 12.1 Å². The lowest BCUT2D eigenvalue weighted by molar-refractivity contribution is -0.152. The molecule has 15 heavy (non-hydrogen) atoms. The van der Waals surface area contributed by atoms with Gasteiger partial charge in [0.2, 0.25) is 0 Å². The molecule has 0 spiro atoms. The van der Waals surface area contributed by atoms with Crippen LogP contribution in [0, 0.1) is 0 Å². The molecular formula is C10H17NO4. The van der Waals surface area contributed by atoms with Crippen molar-refractivity contribution < 1.29 is 19.4 Å². The number of hydrogen-bond donors (Lipinski definition) is 1. The number of likely N-dealkylation sites (tertiary alicyclic amines) is 1. The van der Waals surface area contributed by atoms with Gasteiger partial charge in [-0.05, 0) is 33.2 Å². The van der Waals surface area contributed by atoms with Crippen molar-refractivity contribution in [2.75, 3.05) is 13.2 Å². The van der Waals surface area contributed by atoms with Crippen molar-refractivity contribution in [3.8, 4) is 0 Å². The first-order valence-corrected chi connectivity index (χ1v) is 5.23. The quantitative estimate of drug-likeness (QED) is 0.691. The number of carbonyl (C=O) groups excluding carboxylic acids is 1. The Hall–Kier alpha value is -1.10. The van der Waals surface area contributed by atoms with Crippen LogP contribution in [-0.4, -0.2) is 47.2 Å². The third-order valence-corrected chi connectivity index (χ3v) is 2.70. The van der Waals surface area contributed by atoms with Crippen LogP contribution in [0.4, 0.5) is 0 Å². The summed E-state index contributed by atoms with van der Waals surface area (Å²) in [5.41, 5.74) is 0. The Bertz CT molecular complexity index is 254. The summed E-state index contributed by atoms with van der Waals surface area (Å²) >= 11 is 0. The standard InChI is InChI=1S/C10H17NO4/c1-3-15-10(14)7(2)11-6-4-5-8(11)9(12)13/h7-8H,3-6H2,1-2H3,(H,12,13). The minimum atomic E-state index is -0.858. The van der Waals surface area contributed by atoms with Crippen molar-refractivity contribution in [1.82, 2.24) is 4.90 Å². The predicted molar refractivity (Wildman–Crippen MR) is 53.5 cm³/mol. The number of ether oxygens (including phenoxy) is 1. The van der Waals surface area contributed by atoms with Gasteiger partial charge in [0, 0.05) is 0 Å². The highest BCUT2D eigenvalue weighted by Crippen LogP contribution is 2.20. The zero-order valence-electron chi connectivity index (χ0n) is 9.10. The van der Waals surface area contributed by atoms with Crippen LogP contribution >= 0.6 is 0 Å². The Morgan fingerprint density at radius 2 is 2.27 bits per heavy atom. The Morgan fingerprint density at radius 1 is 1.60 bits per heavy atom. The minimum absolute atomic E-state index is 0.328. The second kappa shape index (κ2) is 5.11. The van der Waals surface area contributed by atoms with Gasteiger partial charge < -0.3 is 9.84 Å². The molecule has 1 aliphatic rings. The Morgan fingerprint density at radius 3 is 2.80 bits per heavy atom. The van der Waals surface area contributed by atoms with Gasteiger partial charge in [-0.15, -0.1) is 0 Å². The van der Waals surface area contributed by atoms with Gasteiger partial charge in [-0.25, -0.2) is 0 Å². The molecule has 2 atom stereocenters. The normalized spacial score (nSPS) is 23.7. The summed E-state index contributed by atoms with van der Waals surface area (Å²) in [6.45, 7) is 4.41. The van der Waals surface area contributed by atoms with Crippen LogP contribution in [0.15, 0.2) is 0 Å². The summed E-state index contributed by atoms with van der Waals surface area (Å²) in [5.74, 6) is -1.20. The molecule has 1 heterocycles. The summed E-state index contributed by atoms with van der Waals surface area (Å²) in [7, 11) is 0. The number of esters is 1. The first-order chi connectivity index (χ1) is 7.07. The van der Waals surface area contributed by atoms with Gasteiger partial charge in [-0.1, -0.05) is 0 Å². The number of rotatable bonds is 4. The van der Waals surface area contributed by atoms with E-state index in [2.05, 4.69) is 0 Å². The largest absolute Gasteiger partial charge is 0.480 e. The van der Waals surface area contributed by atoms with Gasteiger partial charge in [0.15, 0.2) is 0 Å². The molecule has 1 N–H and O–H groups in total. The van der Waals surface area contributed by atoms with Crippen molar-refractivity contribution in [2.45, 2.75) is 38.8 Å². The number of carbonyl (C=O) groups is 2. The summed E-state index contributed by atoms with van der Waals surface area (Å²) in [5, 5.41) is 8.95. The number of hydrogen-bond acceptors (Lipinski definition) is 4. The van der Waals surface area contributed by atoms with Gasteiger partial charge in [-0.2, -0.15) is 0 Å². The molecule has 0 aromatic rings. The number of nitrogens with zero attached hydrogens (tertiary/aromatic N) is 1. The average molecular weight is 215 g/mol. The zero-order valence-corrected chi connectivity index (χ0v) is 9.10. The SMILES string of the molecule is CCOC(=O)C(C)N1CCCC1C(=O)O. The molecule has 1 rings (SSSR count). The molecule has 0 aliphatic carbocycles. The fraction of sp³-hybridized carbons (Fsp3) is 0.800. The van der Waals surface area contributed by atoms with Crippen molar-refractivity contribution in [2.24, 2.45) is 0 Å². The second-order valence-corrected chi connectivity index (χ2v) is 3.66. The van der Waals surface area contributed by atoms with E-state index in [4.69, 9.17) is 9.84 Å². The van der Waals surface area contributed by atoms with E-state index in [0.717, 1.165) is 6.42 Å². The topological polar surface area (TPSA) is 66.8 Å². The second-order valence-electron chi connectivity index (χ2n) is 3.66. The van der Waals surface area contributed by atoms with Gasteiger partial charge >= 0.3 is 11.9 Å². The van der Waals surface area contributed by atoms with Crippen LogP contribution in [-0.2, 0) is 14.3 Å². The van der Waals surface area contributed by atoms with Crippen LogP contribution in [0.2, 0.25) is 0 Å². The van der Waals surface area contributed by atoms with Crippen LogP contribution in [0.3, 0.4) is 0 Å². The fourth-order valence-electron chi connectivity index (χ4n) is 1.92. The average Bonchev–Trinajstić information content (AvgIpc) is 2.65. The van der Waals surface area contributed by atoms with Gasteiger partial charge in [0.05, 0.1) is 6.61 Å². The Balaban J connectivity index is 2.61. The van der Waals surface area contributed by atoms with Crippen molar-refractivity contribution in [1.29, 1.82) is 0 Å². The lowest BCUT2D eigenvalue weighted by Gasteiger charge is -2.26. The fourth-order valence-corrected chi connectivity index (χ4v) is 1.92. The highest BCUT2D eigenvalue weighted by Gasteiger charge is 2.36. The lowest BCUT2D eigenvalue weighted by atomic mass is 10.2. The smallest absolute Gasteiger partial charge is 0.323 e. The molecule has 0 aromatic carbocycles. The van der Waals surface area contributed by atoms with E-state index in [-0.39, 0.29) is 5.97 Å². The molecule has 5 nitrogen and oxygen atoms in total. The number of carboxylic acids is 1. The molecule has 0 amide bonds. The van der Waals surface area contributed by atoms with Crippen LogP contribution in [0.5, 0.6) is 0 Å². The first kappa shape index (κ1) is 12.0. The molecule has 5 heteroatoms. The molecule has 1 fully saturated rings. The zero-order chi connectivity index (χ0) is 11.4. The van der Waals surface area contributed by atoms with Crippen LogP contribution in [0.1, 0.15) is 26.7 Å². The highest BCUT2D eigenvalue weighted by molar-refractivity contribution is 5.78. The van der Waals surface area contributed by atoms with E-state index in [0.29, 0.717) is 19.6 Å². The molecule has 1 saturated heterocycles. The number of aliphatic carboxylic acids is 1. The summed E-state index contributed by atoms with van der Waals surface area (Å²) < 4.78 is 4.87. The lowest BCUT2D eigenvalue weighted by Crippen LogP contribution is -2.46. The van der Waals surface area contributed by atoms with Crippen LogP contribution in [0.25, 0.3) is 0 Å². The highest BCUT2D eigenvalue weighted by atomic mass is 16.5. The van der Waals surface area contributed by atoms with Crippen molar-refractivity contribution in [3.63, 3.8) is 0 Å². The summed E-state index contributed by atoms with van der Waals surface area (Å²) in [4.78, 5) is 24.0. The molecule has 0 radical (unpaired) electrons. The van der Waals surface area contributed by atoms with E-state index in [9.17, 15) is 9.59 Å². The summed E-state index contributed by atoms with van der Waals surface area (Å²) in [6, 6.07) is -1.00. The van der Waals surface area contributed by atoms with E-state index >= 15 is 0 Å². The van der Waals surface area contributed by atoms with Crippen LogP contribution < -0.4 is 0 Å². The third kappa shape index (κ3) is 2.68. The Kier molecular flexibility index (Phi) is 4.08. The van der Waals surface area contributed by atoms with Crippen molar-refractivity contribution in [3.05, 3.63) is 0 Å². The molecule has 86 valence electrons. The van der Waals surface area contributed by atoms with E-state index in [1.165, 1.54) is 0 Å². The molecule has 0 saturated carbocycles. The monoisotopic (exact) mass is 215 g/mol. The molecule has 0 aromatic heterocycles. The molecular weight excluding hydrogens is 198 g/mol. The maximum absolute atomic E-state index is 11.4. The van der Waals surface area contributed by atoms with E-state index in [1.807, 2.05) is 0 Å². The maximum atomic E-state index is 11.4.